The topological polar surface area (TPSA) is 58.1 Å². The lowest BCUT2D eigenvalue weighted by atomic mass is 9.96. The molecule has 6 heteroatoms. The van der Waals surface area contributed by atoms with E-state index >= 15 is 0 Å². The maximum Gasteiger partial charge on any atom is 0.162 e. The zero-order valence-electron chi connectivity index (χ0n) is 13.7. The zero-order valence-corrected chi connectivity index (χ0v) is 15.3. The highest BCUT2D eigenvalue weighted by molar-refractivity contribution is 6.32. The van der Waals surface area contributed by atoms with E-state index < -0.39 is 6.04 Å². The Bertz CT molecular complexity index is 996. The molecule has 130 valence electrons. The van der Waals surface area contributed by atoms with Gasteiger partial charge in [0, 0.05) is 40.2 Å². The summed E-state index contributed by atoms with van der Waals surface area (Å²) in [6.45, 7) is 0. The van der Waals surface area contributed by atoms with Gasteiger partial charge in [-0.15, -0.1) is 0 Å². The van der Waals surface area contributed by atoms with Crippen LogP contribution in [0.15, 0.2) is 59.9 Å². The van der Waals surface area contributed by atoms with E-state index in [2.05, 4.69) is 10.2 Å². The minimum Gasteiger partial charge on any atom is -0.297 e. The third-order valence-corrected chi connectivity index (χ3v) is 5.09. The smallest absolute Gasteiger partial charge is 0.162 e. The molecule has 1 atom stereocenters. The number of ketones is 1. The molecule has 2 aromatic carbocycles. The molecule has 26 heavy (non-hydrogen) atoms. The first-order valence-corrected chi connectivity index (χ1v) is 8.99. The molecule has 0 saturated carbocycles. The van der Waals surface area contributed by atoms with Crippen LogP contribution in [0, 0.1) is 0 Å². The van der Waals surface area contributed by atoms with Gasteiger partial charge in [-0.2, -0.15) is 5.10 Å². The van der Waals surface area contributed by atoms with Gasteiger partial charge in [-0.1, -0.05) is 47.5 Å². The number of carbonyl (C=O) groups excluding carboxylic acids is 1. The van der Waals surface area contributed by atoms with E-state index in [1.54, 1.807) is 18.5 Å². The fraction of sp³-hybridized carbons (Fsp3) is 0.150. The maximum absolute atomic E-state index is 12.9. The summed E-state index contributed by atoms with van der Waals surface area (Å²) < 4.78 is 0. The van der Waals surface area contributed by atoms with E-state index in [0.717, 1.165) is 28.0 Å². The number of aromatic amines is 1. The van der Waals surface area contributed by atoms with Crippen LogP contribution < -0.4 is 0 Å². The number of hydrogen-bond acceptors (Lipinski definition) is 3. The molecular formula is C20H15Cl2N3O. The van der Waals surface area contributed by atoms with Gasteiger partial charge in [0.05, 0.1) is 11.9 Å². The first-order chi connectivity index (χ1) is 12.6. The minimum atomic E-state index is -0.508. The monoisotopic (exact) mass is 383 g/mol. The number of halogens is 2. The molecule has 1 aliphatic rings. The highest BCUT2D eigenvalue weighted by atomic mass is 35.5. The van der Waals surface area contributed by atoms with Crippen molar-refractivity contribution in [3.8, 4) is 0 Å². The summed E-state index contributed by atoms with van der Waals surface area (Å²) in [7, 11) is 0. The summed E-state index contributed by atoms with van der Waals surface area (Å²) in [5.41, 5.74) is 4.24. The molecule has 1 unspecified atom stereocenters. The Balaban J connectivity index is 1.82. The van der Waals surface area contributed by atoms with E-state index in [0.29, 0.717) is 22.9 Å². The molecule has 0 bridgehead atoms. The Hall–Kier alpha value is -2.43. The number of rotatable bonds is 3. The van der Waals surface area contributed by atoms with Crippen LogP contribution in [-0.2, 0) is 17.6 Å². The van der Waals surface area contributed by atoms with Crippen molar-refractivity contribution in [3.05, 3.63) is 87.2 Å². The van der Waals surface area contributed by atoms with E-state index in [1.807, 2.05) is 36.4 Å². The van der Waals surface area contributed by atoms with Gasteiger partial charge in [0.2, 0.25) is 0 Å². The molecular weight excluding hydrogens is 369 g/mol. The van der Waals surface area contributed by atoms with Crippen molar-refractivity contribution in [1.82, 2.24) is 10.2 Å². The summed E-state index contributed by atoms with van der Waals surface area (Å²) in [5.74, 6) is 0.0620. The predicted octanol–water partition coefficient (Wildman–Crippen LogP) is 4.29. The van der Waals surface area contributed by atoms with Crippen LogP contribution in [0.4, 0.5) is 0 Å². The molecule has 2 heterocycles. The Labute approximate surface area is 160 Å². The Kier molecular flexibility index (Phi) is 4.62. The van der Waals surface area contributed by atoms with Crippen molar-refractivity contribution in [2.75, 3.05) is 0 Å². The summed E-state index contributed by atoms with van der Waals surface area (Å²) >= 11 is 12.5. The summed E-state index contributed by atoms with van der Waals surface area (Å²) in [5, 5.41) is 8.08. The second kappa shape index (κ2) is 7.06. The van der Waals surface area contributed by atoms with Crippen molar-refractivity contribution in [2.24, 2.45) is 4.99 Å². The zero-order chi connectivity index (χ0) is 18.1. The third kappa shape index (κ3) is 3.30. The molecule has 0 radical (unpaired) electrons. The molecule has 0 aliphatic carbocycles. The fourth-order valence-electron chi connectivity index (χ4n) is 3.17. The SMILES string of the molecule is O=C1Cc2ccc(Cl)cc2C(c2cn[nH]c2)=NC1Cc1ccccc1Cl. The molecule has 1 aliphatic heterocycles. The van der Waals surface area contributed by atoms with Gasteiger partial charge < -0.3 is 0 Å². The van der Waals surface area contributed by atoms with Crippen LogP contribution in [-0.4, -0.2) is 27.7 Å². The molecule has 0 amide bonds. The van der Waals surface area contributed by atoms with Gasteiger partial charge in [0.15, 0.2) is 5.78 Å². The van der Waals surface area contributed by atoms with Gasteiger partial charge in [-0.05, 0) is 29.3 Å². The first kappa shape index (κ1) is 17.0. The molecule has 4 nitrogen and oxygen atoms in total. The Morgan fingerprint density at radius 3 is 2.77 bits per heavy atom. The average molecular weight is 384 g/mol. The lowest BCUT2D eigenvalue weighted by molar-refractivity contribution is -0.119. The standard InChI is InChI=1S/C20H15Cl2N3O/c21-15-6-5-12-8-19(26)18(7-13-3-1-2-4-17(13)22)25-20(16(12)9-15)14-10-23-24-11-14/h1-6,9-11,18H,7-8H2,(H,23,24). The lowest BCUT2D eigenvalue weighted by Gasteiger charge is -2.12. The number of aromatic nitrogens is 2. The molecule has 0 saturated heterocycles. The summed E-state index contributed by atoms with van der Waals surface area (Å²) in [6.07, 6.45) is 4.24. The van der Waals surface area contributed by atoms with Crippen molar-refractivity contribution >= 4 is 34.7 Å². The van der Waals surface area contributed by atoms with E-state index in [1.165, 1.54) is 0 Å². The molecule has 0 spiro atoms. The van der Waals surface area contributed by atoms with Crippen LogP contribution in [0.25, 0.3) is 0 Å². The van der Waals surface area contributed by atoms with Gasteiger partial charge in [0.1, 0.15) is 6.04 Å². The molecule has 0 fully saturated rings. The van der Waals surface area contributed by atoms with Crippen molar-refractivity contribution in [1.29, 1.82) is 0 Å². The van der Waals surface area contributed by atoms with Gasteiger partial charge in [-0.3, -0.25) is 14.9 Å². The molecule has 1 aromatic heterocycles. The van der Waals surface area contributed by atoms with Crippen molar-refractivity contribution in [2.45, 2.75) is 18.9 Å². The van der Waals surface area contributed by atoms with Crippen LogP contribution in [0.1, 0.15) is 22.3 Å². The highest BCUT2D eigenvalue weighted by Crippen LogP contribution is 2.26. The Morgan fingerprint density at radius 2 is 2.00 bits per heavy atom. The molecule has 1 N–H and O–H groups in total. The average Bonchev–Trinajstić information content (AvgIpc) is 3.12. The van der Waals surface area contributed by atoms with E-state index in [-0.39, 0.29) is 5.78 Å². The number of nitrogens with zero attached hydrogens (tertiary/aromatic N) is 2. The van der Waals surface area contributed by atoms with Crippen molar-refractivity contribution in [3.63, 3.8) is 0 Å². The normalized spacial score (nSPS) is 16.8. The number of Topliss-reactive ketones (excluding diaryl/α,β-unsaturated/α-hetero) is 1. The fourth-order valence-corrected chi connectivity index (χ4v) is 3.55. The quantitative estimate of drug-likeness (QED) is 0.733. The maximum atomic E-state index is 12.9. The van der Waals surface area contributed by atoms with Gasteiger partial charge in [-0.25, -0.2) is 0 Å². The molecule has 4 rings (SSSR count). The van der Waals surface area contributed by atoms with E-state index in [4.69, 9.17) is 28.2 Å². The van der Waals surface area contributed by atoms with Crippen LogP contribution in [0.2, 0.25) is 10.0 Å². The van der Waals surface area contributed by atoms with Gasteiger partial charge >= 0.3 is 0 Å². The summed E-state index contributed by atoms with van der Waals surface area (Å²) in [6, 6.07) is 12.6. The second-order valence-corrected chi connectivity index (χ2v) is 7.06. The van der Waals surface area contributed by atoms with Crippen LogP contribution in [0.5, 0.6) is 0 Å². The largest absolute Gasteiger partial charge is 0.297 e. The number of aliphatic imine (C=N–C) groups is 1. The number of nitrogens with one attached hydrogen (secondary N) is 1. The first-order valence-electron chi connectivity index (χ1n) is 8.23. The predicted molar refractivity (Wildman–Crippen MR) is 103 cm³/mol. The molecule has 3 aromatic rings. The number of hydrogen-bond donors (Lipinski definition) is 1. The summed E-state index contributed by atoms with van der Waals surface area (Å²) in [4.78, 5) is 17.7. The number of benzene rings is 2. The van der Waals surface area contributed by atoms with Crippen LogP contribution >= 0.6 is 23.2 Å². The second-order valence-electron chi connectivity index (χ2n) is 6.22. The Morgan fingerprint density at radius 1 is 1.15 bits per heavy atom. The van der Waals surface area contributed by atoms with E-state index in [9.17, 15) is 4.79 Å². The lowest BCUT2D eigenvalue weighted by Crippen LogP contribution is -2.23. The minimum absolute atomic E-state index is 0.0620. The number of carbonyl (C=O) groups is 1. The van der Waals surface area contributed by atoms with Crippen molar-refractivity contribution < 1.29 is 4.79 Å². The number of H-pyrrole nitrogens is 1. The number of fused-ring (bicyclic) bond motifs is 1. The van der Waals surface area contributed by atoms with Gasteiger partial charge in [0.25, 0.3) is 0 Å². The third-order valence-electron chi connectivity index (χ3n) is 4.49. The van der Waals surface area contributed by atoms with Crippen LogP contribution in [0.3, 0.4) is 0 Å². The highest BCUT2D eigenvalue weighted by Gasteiger charge is 2.27.